The summed E-state index contributed by atoms with van der Waals surface area (Å²) in [6, 6.07) is 14.4. The Hall–Kier alpha value is -1.28. The van der Waals surface area contributed by atoms with Crippen LogP contribution in [0.4, 0.5) is 0 Å². The second-order valence-corrected chi connectivity index (χ2v) is 9.77. The Morgan fingerprint density at radius 1 is 0.867 bits per heavy atom. The lowest BCUT2D eigenvalue weighted by Crippen LogP contribution is -2.36. The molecular weight excluding hydrogens is 200 g/mol. The Balaban J connectivity index is 2.37. The van der Waals surface area contributed by atoms with Gasteiger partial charge in [-0.15, -0.1) is 0 Å². The molecule has 15 heavy (non-hydrogen) atoms. The van der Waals surface area contributed by atoms with Crippen LogP contribution in [0.25, 0.3) is 11.3 Å². The van der Waals surface area contributed by atoms with Crippen LogP contribution >= 0.6 is 0 Å². The predicted octanol–water partition coefficient (Wildman–Crippen LogP) is 3.49. The van der Waals surface area contributed by atoms with E-state index in [1.165, 1.54) is 5.38 Å². The van der Waals surface area contributed by atoms with E-state index in [1.54, 1.807) is 0 Å². The molecule has 0 radical (unpaired) electrons. The van der Waals surface area contributed by atoms with Crippen molar-refractivity contribution < 1.29 is 4.42 Å². The van der Waals surface area contributed by atoms with Crippen molar-refractivity contribution in [3.8, 4) is 11.3 Å². The minimum absolute atomic E-state index is 0.980. The zero-order chi connectivity index (χ0) is 10.9. The van der Waals surface area contributed by atoms with E-state index in [1.807, 2.05) is 18.2 Å². The zero-order valence-corrected chi connectivity index (χ0v) is 10.4. The number of benzene rings is 1. The van der Waals surface area contributed by atoms with Crippen LogP contribution in [0.5, 0.6) is 0 Å². The Morgan fingerprint density at radius 3 is 2.07 bits per heavy atom. The van der Waals surface area contributed by atoms with Crippen molar-refractivity contribution in [3.63, 3.8) is 0 Å². The molecule has 0 saturated carbocycles. The van der Waals surface area contributed by atoms with Gasteiger partial charge in [-0.25, -0.2) is 0 Å². The van der Waals surface area contributed by atoms with Crippen molar-refractivity contribution in [3.05, 3.63) is 42.5 Å². The average Bonchev–Trinajstić information content (AvgIpc) is 2.67. The molecule has 78 valence electrons. The molecule has 0 aliphatic rings. The first kappa shape index (κ1) is 10.2. The van der Waals surface area contributed by atoms with Crippen LogP contribution in [0.2, 0.25) is 19.6 Å². The molecule has 0 spiro atoms. The van der Waals surface area contributed by atoms with Gasteiger partial charge in [-0.1, -0.05) is 50.0 Å². The maximum atomic E-state index is 5.90. The second-order valence-electron chi connectivity index (χ2n) is 4.78. The van der Waals surface area contributed by atoms with Crippen molar-refractivity contribution in [2.75, 3.05) is 0 Å². The molecule has 0 N–H and O–H groups in total. The minimum atomic E-state index is -1.31. The monoisotopic (exact) mass is 216 g/mol. The number of furan rings is 1. The first-order chi connectivity index (χ1) is 7.07. The summed E-state index contributed by atoms with van der Waals surface area (Å²) in [4.78, 5) is 0. The summed E-state index contributed by atoms with van der Waals surface area (Å²) in [7, 11) is -1.31. The van der Waals surface area contributed by atoms with Crippen LogP contribution in [0.1, 0.15) is 0 Å². The Kier molecular flexibility index (Phi) is 2.53. The quantitative estimate of drug-likeness (QED) is 0.700. The van der Waals surface area contributed by atoms with E-state index < -0.39 is 8.07 Å². The summed E-state index contributed by atoms with van der Waals surface area (Å²) in [5.41, 5.74) is 1.15. The molecule has 0 fully saturated rings. The van der Waals surface area contributed by atoms with Gasteiger partial charge in [0.15, 0.2) is 0 Å². The van der Waals surface area contributed by atoms with E-state index in [4.69, 9.17) is 4.42 Å². The van der Waals surface area contributed by atoms with E-state index >= 15 is 0 Å². The van der Waals surface area contributed by atoms with Crippen LogP contribution in [0, 0.1) is 0 Å². The third-order valence-electron chi connectivity index (χ3n) is 2.40. The largest absolute Gasteiger partial charge is 0.466 e. The molecule has 1 heterocycles. The molecule has 0 saturated heterocycles. The highest BCUT2D eigenvalue weighted by Crippen LogP contribution is 2.19. The Morgan fingerprint density at radius 2 is 1.53 bits per heavy atom. The summed E-state index contributed by atoms with van der Waals surface area (Å²) >= 11 is 0. The molecule has 1 nitrogen and oxygen atoms in total. The van der Waals surface area contributed by atoms with Gasteiger partial charge >= 0.3 is 0 Å². The lowest BCUT2D eigenvalue weighted by molar-refractivity contribution is 0.613. The topological polar surface area (TPSA) is 13.1 Å². The third kappa shape index (κ3) is 2.21. The number of hydrogen-bond donors (Lipinski definition) is 0. The molecule has 2 rings (SSSR count). The highest BCUT2D eigenvalue weighted by atomic mass is 28.3. The lowest BCUT2D eigenvalue weighted by Gasteiger charge is -2.11. The summed E-state index contributed by atoms with van der Waals surface area (Å²) in [6.07, 6.45) is 0. The summed E-state index contributed by atoms with van der Waals surface area (Å²) in [5.74, 6) is 0.980. The van der Waals surface area contributed by atoms with Gasteiger partial charge in [0, 0.05) is 5.56 Å². The van der Waals surface area contributed by atoms with Crippen LogP contribution in [-0.4, -0.2) is 8.07 Å². The molecular formula is C13H16OSi. The van der Waals surface area contributed by atoms with E-state index in [9.17, 15) is 0 Å². The molecule has 2 heteroatoms. The number of rotatable bonds is 2. The van der Waals surface area contributed by atoms with Gasteiger partial charge in [0.25, 0.3) is 0 Å². The smallest absolute Gasteiger partial charge is 0.133 e. The number of hydrogen-bond acceptors (Lipinski definition) is 1. The van der Waals surface area contributed by atoms with Gasteiger partial charge in [-0.3, -0.25) is 0 Å². The third-order valence-corrected chi connectivity index (χ3v) is 4.15. The van der Waals surface area contributed by atoms with Gasteiger partial charge in [0.2, 0.25) is 0 Å². The van der Waals surface area contributed by atoms with Gasteiger partial charge in [0.1, 0.15) is 13.8 Å². The van der Waals surface area contributed by atoms with Crippen molar-refractivity contribution in [1.29, 1.82) is 0 Å². The average molecular weight is 216 g/mol. The van der Waals surface area contributed by atoms with E-state index in [0.717, 1.165) is 11.3 Å². The molecule has 0 unspecified atom stereocenters. The van der Waals surface area contributed by atoms with Gasteiger partial charge < -0.3 is 4.42 Å². The summed E-state index contributed by atoms with van der Waals surface area (Å²) in [5, 5.41) is 1.17. The fraction of sp³-hybridized carbons (Fsp3) is 0.231. The molecule has 0 bridgehead atoms. The standard InChI is InChI=1S/C13H16OSi/c1-15(2,3)13-10-9-12(14-13)11-7-5-4-6-8-11/h4-10H,1-3H3. The molecule has 1 aromatic heterocycles. The van der Waals surface area contributed by atoms with Gasteiger partial charge in [-0.2, -0.15) is 0 Å². The van der Waals surface area contributed by atoms with Gasteiger partial charge in [0.05, 0.1) is 5.38 Å². The molecule has 0 aliphatic carbocycles. The highest BCUT2D eigenvalue weighted by Gasteiger charge is 2.20. The summed E-state index contributed by atoms with van der Waals surface area (Å²) in [6.45, 7) is 6.88. The maximum absolute atomic E-state index is 5.90. The van der Waals surface area contributed by atoms with Crippen LogP contribution < -0.4 is 5.38 Å². The SMILES string of the molecule is C[Si](C)(C)c1ccc(-c2ccccc2)o1. The van der Waals surface area contributed by atoms with Crippen molar-refractivity contribution in [2.45, 2.75) is 19.6 Å². The molecule has 0 amide bonds. The van der Waals surface area contributed by atoms with E-state index in [2.05, 4.69) is 43.9 Å². The van der Waals surface area contributed by atoms with Gasteiger partial charge in [-0.05, 0) is 12.1 Å². The Labute approximate surface area is 91.8 Å². The zero-order valence-electron chi connectivity index (χ0n) is 9.45. The maximum Gasteiger partial charge on any atom is 0.133 e. The molecule has 0 aliphatic heterocycles. The minimum Gasteiger partial charge on any atom is -0.466 e. The fourth-order valence-electron chi connectivity index (χ4n) is 1.50. The van der Waals surface area contributed by atoms with Crippen LogP contribution in [0.15, 0.2) is 46.9 Å². The van der Waals surface area contributed by atoms with E-state index in [-0.39, 0.29) is 0 Å². The predicted molar refractivity (Wildman–Crippen MR) is 67.1 cm³/mol. The molecule has 0 atom stereocenters. The van der Waals surface area contributed by atoms with Crippen LogP contribution in [0.3, 0.4) is 0 Å². The fourth-order valence-corrected chi connectivity index (χ4v) is 2.50. The molecule has 1 aromatic carbocycles. The van der Waals surface area contributed by atoms with Crippen LogP contribution in [-0.2, 0) is 0 Å². The van der Waals surface area contributed by atoms with E-state index in [0.29, 0.717) is 0 Å². The second kappa shape index (κ2) is 3.70. The van der Waals surface area contributed by atoms with Crippen molar-refractivity contribution >= 4 is 13.5 Å². The Bertz CT molecular complexity index is 437. The normalized spacial score (nSPS) is 11.7. The molecule has 2 aromatic rings. The first-order valence-corrected chi connectivity index (χ1v) is 8.73. The highest BCUT2D eigenvalue weighted by molar-refractivity contribution is 6.87. The lowest BCUT2D eigenvalue weighted by atomic mass is 10.2. The van der Waals surface area contributed by atoms with Crippen molar-refractivity contribution in [1.82, 2.24) is 0 Å². The first-order valence-electron chi connectivity index (χ1n) is 5.23. The summed E-state index contributed by atoms with van der Waals surface area (Å²) < 4.78 is 5.90. The van der Waals surface area contributed by atoms with Crippen molar-refractivity contribution in [2.24, 2.45) is 0 Å².